The minimum Gasteiger partial charge on any atom is -0.338 e. The molecule has 0 bridgehead atoms. The second-order valence-corrected chi connectivity index (χ2v) is 10.5. The van der Waals surface area contributed by atoms with E-state index in [2.05, 4.69) is 92.6 Å². The van der Waals surface area contributed by atoms with Gasteiger partial charge in [-0.05, 0) is 65.1 Å². The number of imidazole rings is 2. The van der Waals surface area contributed by atoms with Gasteiger partial charge in [0.25, 0.3) is 0 Å². The van der Waals surface area contributed by atoms with Crippen molar-refractivity contribution in [3.8, 4) is 33.9 Å². The number of rotatable bonds is 8. The second kappa shape index (κ2) is 10.5. The molecule has 0 fully saturated rings. The van der Waals surface area contributed by atoms with E-state index in [1.54, 1.807) is 0 Å². The average molecular weight is 539 g/mol. The van der Waals surface area contributed by atoms with Gasteiger partial charge in [-0.2, -0.15) is 5.21 Å². The number of aryl methyl sites for hydroxylation is 2. The predicted octanol–water partition coefficient (Wildman–Crippen LogP) is 7.13. The van der Waals surface area contributed by atoms with Gasteiger partial charge in [0.15, 0.2) is 0 Å². The van der Waals surface area contributed by atoms with Crippen LogP contribution in [0.1, 0.15) is 36.7 Å². The second-order valence-electron chi connectivity index (χ2n) is 10.5. The van der Waals surface area contributed by atoms with Crippen molar-refractivity contribution in [3.05, 3.63) is 102 Å². The maximum Gasteiger partial charge on any atom is 0.205 e. The molecule has 41 heavy (non-hydrogen) atoms. The highest BCUT2D eigenvalue weighted by Gasteiger charge is 2.17. The van der Waals surface area contributed by atoms with Gasteiger partial charge >= 0.3 is 0 Å². The molecule has 0 amide bonds. The van der Waals surface area contributed by atoms with Gasteiger partial charge in [-0.3, -0.25) is 0 Å². The third-order valence-electron chi connectivity index (χ3n) is 7.66. The summed E-state index contributed by atoms with van der Waals surface area (Å²) in [5, 5.41) is 14.7. The Labute approximate surface area is 237 Å². The van der Waals surface area contributed by atoms with Gasteiger partial charge in [0.1, 0.15) is 11.6 Å². The molecule has 8 nitrogen and oxygen atoms in total. The molecule has 0 aliphatic rings. The molecule has 0 spiro atoms. The van der Waals surface area contributed by atoms with Gasteiger partial charge in [-0.15, -0.1) is 10.2 Å². The molecule has 0 aliphatic heterocycles. The van der Waals surface area contributed by atoms with Crippen LogP contribution >= 0.6 is 0 Å². The Bertz CT molecular complexity index is 1930. The minimum atomic E-state index is 0.589. The van der Waals surface area contributed by atoms with E-state index < -0.39 is 0 Å². The van der Waals surface area contributed by atoms with E-state index in [1.807, 2.05) is 36.4 Å². The number of aromatic amines is 2. The van der Waals surface area contributed by atoms with Crippen molar-refractivity contribution in [1.82, 2.24) is 40.1 Å². The standard InChI is InChI=1S/C33H30N8/c1-3-4-13-30-36-31-21(2)18-24(32-34-27-11-7-8-12-28(27)35-32)19-29(31)41(30)20-22-14-16-23(17-15-22)25-9-5-6-10-26(25)33-37-39-40-38-33/h5-12,14-19H,3-4,13,20H2,1-2H3,(H,34,35)(H,37,38,39,40). The number of nitrogens with one attached hydrogen (secondary N) is 2. The zero-order chi connectivity index (χ0) is 27.8. The first kappa shape index (κ1) is 24.9. The number of nitrogens with zero attached hydrogens (tertiary/aromatic N) is 6. The fourth-order valence-electron chi connectivity index (χ4n) is 5.55. The average Bonchev–Trinajstić information content (AvgIpc) is 3.76. The minimum absolute atomic E-state index is 0.589. The number of hydrogen-bond acceptors (Lipinski definition) is 5. The van der Waals surface area contributed by atoms with Crippen LogP contribution in [0.5, 0.6) is 0 Å². The molecule has 7 aromatic rings. The van der Waals surface area contributed by atoms with Crippen LogP contribution in [0.25, 0.3) is 56.0 Å². The quantitative estimate of drug-likeness (QED) is 0.214. The van der Waals surface area contributed by atoms with Gasteiger partial charge in [-0.25, -0.2) is 9.97 Å². The number of tetrazole rings is 1. The molecule has 7 rings (SSSR count). The summed E-state index contributed by atoms with van der Waals surface area (Å²) in [6, 6.07) is 29.5. The number of unbranched alkanes of at least 4 members (excludes halogenated alkanes) is 1. The van der Waals surface area contributed by atoms with Crippen LogP contribution < -0.4 is 0 Å². The maximum absolute atomic E-state index is 5.14. The molecule has 3 heterocycles. The molecule has 2 N–H and O–H groups in total. The van der Waals surface area contributed by atoms with Crippen molar-refractivity contribution < 1.29 is 0 Å². The maximum atomic E-state index is 5.14. The number of aromatic nitrogens is 8. The van der Waals surface area contributed by atoms with Gasteiger partial charge < -0.3 is 9.55 Å². The number of para-hydroxylation sites is 2. The molecular weight excluding hydrogens is 508 g/mol. The molecule has 202 valence electrons. The molecule has 0 saturated carbocycles. The van der Waals surface area contributed by atoms with E-state index >= 15 is 0 Å². The lowest BCUT2D eigenvalue weighted by Gasteiger charge is -2.12. The van der Waals surface area contributed by atoms with Crippen LogP contribution in [0.3, 0.4) is 0 Å². The fraction of sp³-hybridized carbons (Fsp3) is 0.182. The fourth-order valence-corrected chi connectivity index (χ4v) is 5.55. The van der Waals surface area contributed by atoms with Crippen LogP contribution in [0, 0.1) is 6.92 Å². The Hall–Kier alpha value is -5.11. The lowest BCUT2D eigenvalue weighted by atomic mass is 9.98. The highest BCUT2D eigenvalue weighted by Crippen LogP contribution is 2.32. The monoisotopic (exact) mass is 538 g/mol. The first-order valence-corrected chi connectivity index (χ1v) is 14.0. The number of hydrogen-bond donors (Lipinski definition) is 2. The Morgan fingerprint density at radius 2 is 1.63 bits per heavy atom. The highest BCUT2D eigenvalue weighted by atomic mass is 15.5. The molecule has 0 atom stereocenters. The van der Waals surface area contributed by atoms with E-state index in [4.69, 9.17) is 9.97 Å². The molecule has 8 heteroatoms. The Morgan fingerprint density at radius 3 is 2.41 bits per heavy atom. The van der Waals surface area contributed by atoms with Gasteiger partial charge in [-0.1, -0.05) is 74.0 Å². The van der Waals surface area contributed by atoms with Crippen molar-refractivity contribution in [1.29, 1.82) is 0 Å². The number of H-pyrrole nitrogens is 2. The first-order chi connectivity index (χ1) is 20.2. The molecule has 3 aromatic heterocycles. The van der Waals surface area contributed by atoms with Crippen molar-refractivity contribution in [3.63, 3.8) is 0 Å². The molecule has 4 aromatic carbocycles. The summed E-state index contributed by atoms with van der Waals surface area (Å²) in [5.41, 5.74) is 10.8. The third kappa shape index (κ3) is 4.67. The molecular formula is C33H30N8. The SMILES string of the molecule is CCCCc1nc2c(C)cc(-c3nc4ccccc4[nH]3)cc2n1Cc1ccc(-c2ccccc2-c2nn[nH]n2)cc1. The summed E-state index contributed by atoms with van der Waals surface area (Å²) in [6.07, 6.45) is 3.17. The van der Waals surface area contributed by atoms with E-state index in [-0.39, 0.29) is 0 Å². The third-order valence-corrected chi connectivity index (χ3v) is 7.66. The smallest absolute Gasteiger partial charge is 0.205 e. The van der Waals surface area contributed by atoms with Crippen molar-refractivity contribution >= 4 is 22.1 Å². The number of fused-ring (bicyclic) bond motifs is 2. The summed E-state index contributed by atoms with van der Waals surface area (Å²) in [7, 11) is 0. The largest absolute Gasteiger partial charge is 0.338 e. The van der Waals surface area contributed by atoms with E-state index in [9.17, 15) is 0 Å². The lowest BCUT2D eigenvalue weighted by molar-refractivity contribution is 0.690. The summed E-state index contributed by atoms with van der Waals surface area (Å²) in [5.74, 6) is 2.59. The van der Waals surface area contributed by atoms with Crippen LogP contribution in [0.15, 0.2) is 84.9 Å². The van der Waals surface area contributed by atoms with Gasteiger partial charge in [0.05, 0.1) is 22.1 Å². The number of benzene rings is 4. The Balaban J connectivity index is 1.27. The lowest BCUT2D eigenvalue weighted by Crippen LogP contribution is -2.05. The summed E-state index contributed by atoms with van der Waals surface area (Å²) in [6.45, 7) is 5.11. The first-order valence-electron chi connectivity index (χ1n) is 14.0. The van der Waals surface area contributed by atoms with Crippen molar-refractivity contribution in [2.45, 2.75) is 39.7 Å². The van der Waals surface area contributed by atoms with Crippen LogP contribution in [0.2, 0.25) is 0 Å². The normalized spacial score (nSPS) is 11.6. The predicted molar refractivity (Wildman–Crippen MR) is 162 cm³/mol. The summed E-state index contributed by atoms with van der Waals surface area (Å²) >= 11 is 0. The zero-order valence-corrected chi connectivity index (χ0v) is 23.1. The van der Waals surface area contributed by atoms with Gasteiger partial charge in [0, 0.05) is 24.1 Å². The van der Waals surface area contributed by atoms with Crippen LogP contribution in [-0.2, 0) is 13.0 Å². The molecule has 0 saturated heterocycles. The Morgan fingerprint density at radius 1 is 0.829 bits per heavy atom. The van der Waals surface area contributed by atoms with Crippen LogP contribution in [0.4, 0.5) is 0 Å². The van der Waals surface area contributed by atoms with Crippen molar-refractivity contribution in [2.24, 2.45) is 0 Å². The molecule has 0 aliphatic carbocycles. The summed E-state index contributed by atoms with van der Waals surface area (Å²) in [4.78, 5) is 13.5. The van der Waals surface area contributed by atoms with Gasteiger partial charge in [0.2, 0.25) is 5.82 Å². The molecule has 0 unspecified atom stereocenters. The Kier molecular flexibility index (Phi) is 6.35. The summed E-state index contributed by atoms with van der Waals surface area (Å²) < 4.78 is 2.38. The van der Waals surface area contributed by atoms with E-state index in [0.717, 1.165) is 87.3 Å². The van der Waals surface area contributed by atoms with E-state index in [1.165, 1.54) is 5.56 Å². The topological polar surface area (TPSA) is 101 Å². The highest BCUT2D eigenvalue weighted by molar-refractivity contribution is 5.87. The van der Waals surface area contributed by atoms with E-state index in [0.29, 0.717) is 5.82 Å². The molecule has 0 radical (unpaired) electrons. The zero-order valence-electron chi connectivity index (χ0n) is 23.1. The van der Waals surface area contributed by atoms with Crippen LogP contribution in [-0.4, -0.2) is 40.1 Å². The van der Waals surface area contributed by atoms with Crippen molar-refractivity contribution in [2.75, 3.05) is 0 Å².